The summed E-state index contributed by atoms with van der Waals surface area (Å²) in [5.74, 6) is 0.870. The molecule has 0 radical (unpaired) electrons. The molecule has 0 bridgehead atoms. The first-order valence-electron chi connectivity index (χ1n) is 5.53. The number of halogens is 1. The van der Waals surface area contributed by atoms with Crippen molar-refractivity contribution in [2.45, 2.75) is 13.3 Å². The molecule has 88 valence electrons. The molecule has 1 aromatic carbocycles. The quantitative estimate of drug-likeness (QED) is 0.850. The van der Waals surface area contributed by atoms with Crippen LogP contribution in [-0.2, 0) is 6.42 Å². The number of nitrogens with zero attached hydrogens (tertiary/aromatic N) is 1. The lowest BCUT2D eigenvalue weighted by molar-refractivity contribution is 0.415. The summed E-state index contributed by atoms with van der Waals surface area (Å²) < 4.78 is 6.22. The van der Waals surface area contributed by atoms with E-state index in [0.717, 1.165) is 22.2 Å². The van der Waals surface area contributed by atoms with Crippen LogP contribution in [0.4, 0.5) is 0 Å². The van der Waals surface area contributed by atoms with E-state index in [0.29, 0.717) is 0 Å². The van der Waals surface area contributed by atoms with Gasteiger partial charge in [-0.2, -0.15) is 0 Å². The van der Waals surface area contributed by atoms with Crippen LogP contribution in [-0.4, -0.2) is 12.1 Å². The predicted molar refractivity (Wildman–Crippen MR) is 73.3 cm³/mol. The molecule has 1 aromatic heterocycles. The molecule has 0 aliphatic carbocycles. The fourth-order valence-electron chi connectivity index (χ4n) is 1.84. The van der Waals surface area contributed by atoms with Gasteiger partial charge in [-0.15, -0.1) is 0 Å². The van der Waals surface area contributed by atoms with Crippen LogP contribution < -0.4 is 4.74 Å². The van der Waals surface area contributed by atoms with Gasteiger partial charge in [0.05, 0.1) is 7.11 Å². The molecule has 0 aliphatic heterocycles. The van der Waals surface area contributed by atoms with Gasteiger partial charge in [-0.05, 0) is 45.6 Å². The Hall–Kier alpha value is -1.35. The van der Waals surface area contributed by atoms with E-state index in [2.05, 4.69) is 40.0 Å². The molecular formula is C14H14BrNO. The standard InChI is InChI=1S/C14H14BrNO/c1-3-12-13(8-16-9-14(12)15)10-4-6-11(17-2)7-5-10/h4-9H,3H2,1-2H3. The lowest BCUT2D eigenvalue weighted by Crippen LogP contribution is -1.91. The van der Waals surface area contributed by atoms with Gasteiger partial charge in [-0.25, -0.2) is 0 Å². The highest BCUT2D eigenvalue weighted by molar-refractivity contribution is 9.10. The highest BCUT2D eigenvalue weighted by atomic mass is 79.9. The van der Waals surface area contributed by atoms with E-state index in [1.807, 2.05) is 24.5 Å². The number of methoxy groups -OCH3 is 1. The van der Waals surface area contributed by atoms with Crippen LogP contribution in [0.25, 0.3) is 11.1 Å². The van der Waals surface area contributed by atoms with Gasteiger partial charge < -0.3 is 4.74 Å². The number of ether oxygens (including phenoxy) is 1. The minimum absolute atomic E-state index is 0.870. The van der Waals surface area contributed by atoms with Gasteiger partial charge in [-0.3, -0.25) is 4.98 Å². The zero-order valence-corrected chi connectivity index (χ0v) is 11.5. The zero-order valence-electron chi connectivity index (χ0n) is 9.90. The molecule has 17 heavy (non-hydrogen) atoms. The Labute approximate surface area is 110 Å². The molecule has 0 amide bonds. The van der Waals surface area contributed by atoms with Crippen molar-refractivity contribution in [2.75, 3.05) is 7.11 Å². The third-order valence-electron chi connectivity index (χ3n) is 2.76. The number of hydrogen-bond acceptors (Lipinski definition) is 2. The highest BCUT2D eigenvalue weighted by Crippen LogP contribution is 2.29. The maximum atomic E-state index is 5.16. The van der Waals surface area contributed by atoms with E-state index >= 15 is 0 Å². The Bertz CT molecular complexity index is 508. The Morgan fingerprint density at radius 1 is 1.18 bits per heavy atom. The van der Waals surface area contributed by atoms with Crippen LogP contribution in [0.5, 0.6) is 5.75 Å². The first-order valence-corrected chi connectivity index (χ1v) is 6.32. The van der Waals surface area contributed by atoms with Crippen molar-refractivity contribution >= 4 is 15.9 Å². The van der Waals surface area contributed by atoms with Gasteiger partial charge in [0, 0.05) is 22.4 Å². The summed E-state index contributed by atoms with van der Waals surface area (Å²) in [7, 11) is 1.67. The van der Waals surface area contributed by atoms with E-state index in [-0.39, 0.29) is 0 Å². The summed E-state index contributed by atoms with van der Waals surface area (Å²) in [5.41, 5.74) is 3.62. The average molecular weight is 292 g/mol. The van der Waals surface area contributed by atoms with E-state index < -0.39 is 0 Å². The maximum Gasteiger partial charge on any atom is 0.118 e. The third-order valence-corrected chi connectivity index (χ3v) is 3.44. The van der Waals surface area contributed by atoms with Crippen molar-refractivity contribution in [1.82, 2.24) is 4.98 Å². The minimum Gasteiger partial charge on any atom is -0.497 e. The molecule has 0 aliphatic rings. The molecule has 1 heterocycles. The summed E-state index contributed by atoms with van der Waals surface area (Å²) in [6.45, 7) is 2.15. The minimum atomic E-state index is 0.870. The molecular weight excluding hydrogens is 278 g/mol. The zero-order chi connectivity index (χ0) is 12.3. The van der Waals surface area contributed by atoms with Crippen molar-refractivity contribution in [3.05, 3.63) is 46.7 Å². The molecule has 0 saturated carbocycles. The summed E-state index contributed by atoms with van der Waals surface area (Å²) in [6, 6.07) is 8.05. The molecule has 3 heteroatoms. The van der Waals surface area contributed by atoms with E-state index in [1.165, 1.54) is 11.1 Å². The molecule has 0 N–H and O–H groups in total. The molecule has 0 atom stereocenters. The molecule has 0 fully saturated rings. The number of benzene rings is 1. The van der Waals surface area contributed by atoms with Crippen LogP contribution in [0.1, 0.15) is 12.5 Å². The maximum absolute atomic E-state index is 5.16. The van der Waals surface area contributed by atoms with Crippen LogP contribution in [0.2, 0.25) is 0 Å². The van der Waals surface area contributed by atoms with Gasteiger partial charge in [-0.1, -0.05) is 19.1 Å². The predicted octanol–water partition coefficient (Wildman–Crippen LogP) is 4.08. The summed E-state index contributed by atoms with van der Waals surface area (Å²) in [5, 5.41) is 0. The SMILES string of the molecule is CCc1c(Br)cncc1-c1ccc(OC)cc1. The normalized spacial score (nSPS) is 10.3. The van der Waals surface area contributed by atoms with Gasteiger partial charge in [0.1, 0.15) is 5.75 Å². The number of hydrogen-bond donors (Lipinski definition) is 0. The molecule has 2 nitrogen and oxygen atoms in total. The number of rotatable bonds is 3. The first kappa shape index (κ1) is 12.1. The second-order valence-corrected chi connectivity index (χ2v) is 4.58. The summed E-state index contributed by atoms with van der Waals surface area (Å²) in [6.07, 6.45) is 4.72. The Balaban J connectivity index is 2.48. The van der Waals surface area contributed by atoms with Gasteiger partial charge >= 0.3 is 0 Å². The van der Waals surface area contributed by atoms with Crippen LogP contribution >= 0.6 is 15.9 Å². The number of aromatic nitrogens is 1. The molecule has 2 aromatic rings. The highest BCUT2D eigenvalue weighted by Gasteiger charge is 2.07. The van der Waals surface area contributed by atoms with E-state index in [1.54, 1.807) is 7.11 Å². The average Bonchev–Trinajstić information content (AvgIpc) is 2.38. The Morgan fingerprint density at radius 2 is 1.88 bits per heavy atom. The summed E-state index contributed by atoms with van der Waals surface area (Å²) >= 11 is 3.55. The lowest BCUT2D eigenvalue weighted by atomic mass is 10.0. The van der Waals surface area contributed by atoms with Crippen molar-refractivity contribution in [2.24, 2.45) is 0 Å². The molecule has 0 unspecified atom stereocenters. The monoisotopic (exact) mass is 291 g/mol. The van der Waals surface area contributed by atoms with Gasteiger partial charge in [0.15, 0.2) is 0 Å². The lowest BCUT2D eigenvalue weighted by Gasteiger charge is -2.10. The third kappa shape index (κ3) is 2.50. The van der Waals surface area contributed by atoms with E-state index in [9.17, 15) is 0 Å². The van der Waals surface area contributed by atoms with Crippen molar-refractivity contribution in [3.8, 4) is 16.9 Å². The van der Waals surface area contributed by atoms with Gasteiger partial charge in [0.25, 0.3) is 0 Å². The fourth-order valence-corrected chi connectivity index (χ4v) is 2.45. The topological polar surface area (TPSA) is 22.1 Å². The van der Waals surface area contributed by atoms with Crippen LogP contribution in [0.3, 0.4) is 0 Å². The Kier molecular flexibility index (Phi) is 3.79. The molecule has 0 spiro atoms. The first-order chi connectivity index (χ1) is 8.26. The second kappa shape index (κ2) is 5.32. The largest absolute Gasteiger partial charge is 0.497 e. The van der Waals surface area contributed by atoms with Crippen LogP contribution in [0, 0.1) is 0 Å². The molecule has 2 rings (SSSR count). The van der Waals surface area contributed by atoms with Gasteiger partial charge in [0.2, 0.25) is 0 Å². The van der Waals surface area contributed by atoms with Crippen molar-refractivity contribution in [1.29, 1.82) is 0 Å². The fraction of sp³-hybridized carbons (Fsp3) is 0.214. The smallest absolute Gasteiger partial charge is 0.118 e. The van der Waals surface area contributed by atoms with Crippen molar-refractivity contribution in [3.63, 3.8) is 0 Å². The Morgan fingerprint density at radius 3 is 2.47 bits per heavy atom. The van der Waals surface area contributed by atoms with Crippen molar-refractivity contribution < 1.29 is 4.74 Å². The second-order valence-electron chi connectivity index (χ2n) is 3.73. The summed E-state index contributed by atoms with van der Waals surface area (Å²) in [4.78, 5) is 4.23. The van der Waals surface area contributed by atoms with E-state index in [4.69, 9.17) is 4.74 Å². The van der Waals surface area contributed by atoms with Crippen LogP contribution in [0.15, 0.2) is 41.1 Å². The molecule has 0 saturated heterocycles. The number of pyridine rings is 1.